The first kappa shape index (κ1) is 17.7. The Balaban J connectivity index is 2.26. The molecule has 2 unspecified atom stereocenters. The van der Waals surface area contributed by atoms with Gasteiger partial charge < -0.3 is 18.9 Å². The van der Waals surface area contributed by atoms with Gasteiger partial charge in [-0.1, -0.05) is 11.8 Å². The molecule has 0 saturated carbocycles. The van der Waals surface area contributed by atoms with Crippen molar-refractivity contribution in [3.05, 3.63) is 0 Å². The summed E-state index contributed by atoms with van der Waals surface area (Å²) in [4.78, 5) is 38.3. The zero-order chi connectivity index (χ0) is 17.1. The van der Waals surface area contributed by atoms with Crippen LogP contribution in [0.5, 0.6) is 0 Å². The van der Waals surface area contributed by atoms with Crippen LogP contribution in [0.4, 0.5) is 0 Å². The molecule has 128 valence electrons. The van der Waals surface area contributed by atoms with Gasteiger partial charge in [0.2, 0.25) is 0 Å². The molecule has 0 bridgehead atoms. The minimum absolute atomic E-state index is 0.103. The standard InChI is InChI=1S/C14H19NO7S/c1-6-15-11-13(21-9(4)18)12(20-8(3)17)10(5-19-7(2)16)22-14(11)23-6/h10-14H,5H2,1-4H3/t10?,11?,12-,13+,14+/m0/s1. The van der Waals surface area contributed by atoms with Gasteiger partial charge in [0, 0.05) is 20.8 Å². The number of carbonyl (C=O) groups is 3. The third kappa shape index (κ3) is 4.44. The lowest BCUT2D eigenvalue weighted by molar-refractivity contribution is -0.208. The number of ether oxygens (including phenoxy) is 4. The molecule has 0 N–H and O–H groups in total. The zero-order valence-corrected chi connectivity index (χ0v) is 14.1. The van der Waals surface area contributed by atoms with E-state index in [1.54, 1.807) is 0 Å². The zero-order valence-electron chi connectivity index (χ0n) is 13.3. The number of nitrogens with zero attached hydrogens (tertiary/aromatic N) is 1. The molecular formula is C14H19NO7S. The van der Waals surface area contributed by atoms with E-state index in [9.17, 15) is 14.4 Å². The Bertz CT molecular complexity index is 535. The van der Waals surface area contributed by atoms with Crippen molar-refractivity contribution in [2.24, 2.45) is 4.99 Å². The fourth-order valence-corrected chi connectivity index (χ4v) is 3.60. The van der Waals surface area contributed by atoms with Gasteiger partial charge in [-0.05, 0) is 6.92 Å². The largest absolute Gasteiger partial charge is 0.463 e. The minimum atomic E-state index is -0.896. The number of aliphatic imine (C=N–C) groups is 1. The fourth-order valence-electron chi connectivity index (χ4n) is 2.53. The predicted molar refractivity (Wildman–Crippen MR) is 80.9 cm³/mol. The monoisotopic (exact) mass is 345 g/mol. The lowest BCUT2D eigenvalue weighted by Gasteiger charge is -2.41. The van der Waals surface area contributed by atoms with E-state index in [0.717, 1.165) is 5.04 Å². The van der Waals surface area contributed by atoms with Crippen molar-refractivity contribution in [1.82, 2.24) is 0 Å². The van der Waals surface area contributed by atoms with Gasteiger partial charge in [0.05, 0.1) is 5.04 Å². The molecule has 0 aromatic heterocycles. The molecule has 2 aliphatic rings. The molecule has 0 aromatic rings. The molecular weight excluding hydrogens is 326 g/mol. The predicted octanol–water partition coefficient (Wildman–Crippen LogP) is 0.672. The molecule has 0 aromatic carbocycles. The normalized spacial score (nSPS) is 32.5. The van der Waals surface area contributed by atoms with Crippen molar-refractivity contribution >= 4 is 34.7 Å². The molecule has 5 atom stereocenters. The van der Waals surface area contributed by atoms with Crippen LogP contribution in [0.25, 0.3) is 0 Å². The lowest BCUT2D eigenvalue weighted by Crippen LogP contribution is -2.59. The lowest BCUT2D eigenvalue weighted by atomic mass is 9.98. The molecule has 2 rings (SSSR count). The Kier molecular flexibility index (Phi) is 5.64. The fraction of sp³-hybridized carbons (Fsp3) is 0.714. The van der Waals surface area contributed by atoms with E-state index < -0.39 is 42.3 Å². The average molecular weight is 345 g/mol. The highest BCUT2D eigenvalue weighted by atomic mass is 32.2. The average Bonchev–Trinajstić information content (AvgIpc) is 2.78. The molecule has 9 heteroatoms. The Morgan fingerprint density at radius 3 is 2.26 bits per heavy atom. The van der Waals surface area contributed by atoms with Gasteiger partial charge in [-0.3, -0.25) is 19.4 Å². The summed E-state index contributed by atoms with van der Waals surface area (Å²) in [6, 6.07) is -0.471. The number of rotatable bonds is 4. The summed E-state index contributed by atoms with van der Waals surface area (Å²) in [5.41, 5.74) is -0.383. The third-order valence-corrected chi connectivity index (χ3v) is 4.36. The van der Waals surface area contributed by atoms with Crippen LogP contribution in [-0.2, 0) is 33.3 Å². The highest BCUT2D eigenvalue weighted by Crippen LogP contribution is 2.38. The molecule has 2 heterocycles. The summed E-state index contributed by atoms with van der Waals surface area (Å²) in [6.07, 6.45) is -2.42. The van der Waals surface area contributed by atoms with E-state index in [-0.39, 0.29) is 12.0 Å². The van der Waals surface area contributed by atoms with E-state index in [0.29, 0.717) is 0 Å². The van der Waals surface area contributed by atoms with Crippen molar-refractivity contribution in [3.63, 3.8) is 0 Å². The smallest absolute Gasteiger partial charge is 0.303 e. The maximum atomic E-state index is 11.4. The van der Waals surface area contributed by atoms with E-state index in [1.807, 2.05) is 6.92 Å². The van der Waals surface area contributed by atoms with Crippen LogP contribution in [0.15, 0.2) is 4.99 Å². The van der Waals surface area contributed by atoms with Crippen molar-refractivity contribution in [2.45, 2.75) is 57.5 Å². The molecule has 8 nitrogen and oxygen atoms in total. The molecule has 2 aliphatic heterocycles. The van der Waals surface area contributed by atoms with Crippen molar-refractivity contribution < 1.29 is 33.3 Å². The highest BCUT2D eigenvalue weighted by molar-refractivity contribution is 8.14. The van der Waals surface area contributed by atoms with Crippen LogP contribution < -0.4 is 0 Å². The summed E-state index contributed by atoms with van der Waals surface area (Å²) in [7, 11) is 0. The molecule has 0 amide bonds. The quantitative estimate of drug-likeness (QED) is 0.541. The van der Waals surface area contributed by atoms with Gasteiger partial charge in [0.25, 0.3) is 0 Å². The van der Waals surface area contributed by atoms with E-state index in [1.165, 1.54) is 32.5 Å². The summed E-state index contributed by atoms with van der Waals surface area (Å²) in [6.45, 7) is 5.51. The van der Waals surface area contributed by atoms with Crippen LogP contribution >= 0.6 is 11.8 Å². The van der Waals surface area contributed by atoms with E-state index in [4.69, 9.17) is 18.9 Å². The maximum Gasteiger partial charge on any atom is 0.303 e. The first-order chi connectivity index (χ1) is 10.8. The highest BCUT2D eigenvalue weighted by Gasteiger charge is 2.52. The van der Waals surface area contributed by atoms with Crippen molar-refractivity contribution in [1.29, 1.82) is 0 Å². The summed E-state index contributed by atoms with van der Waals surface area (Å²) >= 11 is 1.39. The SMILES string of the molecule is CC(=O)OCC1O[C@@H]2SC(C)=NC2[C@@H](OC(C)=O)[C@H]1OC(C)=O. The first-order valence-corrected chi connectivity index (χ1v) is 8.00. The van der Waals surface area contributed by atoms with Crippen molar-refractivity contribution in [3.8, 4) is 0 Å². The van der Waals surface area contributed by atoms with Gasteiger partial charge in [0.15, 0.2) is 12.2 Å². The van der Waals surface area contributed by atoms with Crippen LogP contribution in [0.1, 0.15) is 27.7 Å². The van der Waals surface area contributed by atoms with E-state index in [2.05, 4.69) is 4.99 Å². The molecule has 0 spiro atoms. The Morgan fingerprint density at radius 1 is 1.09 bits per heavy atom. The van der Waals surface area contributed by atoms with Crippen LogP contribution in [0.3, 0.4) is 0 Å². The number of hydrogen-bond donors (Lipinski definition) is 0. The Labute approximate surface area is 137 Å². The van der Waals surface area contributed by atoms with Gasteiger partial charge in [-0.2, -0.15) is 0 Å². The number of carbonyl (C=O) groups excluding carboxylic acids is 3. The molecule has 0 aliphatic carbocycles. The number of thioether (sulfide) groups is 1. The van der Waals surface area contributed by atoms with Crippen LogP contribution in [-0.4, -0.2) is 59.3 Å². The molecule has 0 radical (unpaired) electrons. The summed E-state index contributed by atoms with van der Waals surface area (Å²) < 4.78 is 21.5. The van der Waals surface area contributed by atoms with Crippen LogP contribution in [0.2, 0.25) is 0 Å². The second-order valence-electron chi connectivity index (χ2n) is 5.25. The second kappa shape index (κ2) is 7.31. The number of hydrogen-bond acceptors (Lipinski definition) is 9. The van der Waals surface area contributed by atoms with Gasteiger partial charge in [0.1, 0.15) is 24.2 Å². The molecule has 1 saturated heterocycles. The van der Waals surface area contributed by atoms with Gasteiger partial charge in [-0.15, -0.1) is 0 Å². The summed E-state index contributed by atoms with van der Waals surface area (Å²) in [5.74, 6) is -1.54. The number of fused-ring (bicyclic) bond motifs is 1. The Hall–Kier alpha value is -1.61. The topological polar surface area (TPSA) is 100 Å². The maximum absolute atomic E-state index is 11.4. The second-order valence-corrected chi connectivity index (χ2v) is 6.54. The van der Waals surface area contributed by atoms with Crippen molar-refractivity contribution in [2.75, 3.05) is 6.61 Å². The Morgan fingerprint density at radius 2 is 1.70 bits per heavy atom. The molecule has 1 fully saturated rings. The number of esters is 3. The van der Waals surface area contributed by atoms with E-state index >= 15 is 0 Å². The van der Waals surface area contributed by atoms with Gasteiger partial charge in [-0.25, -0.2) is 0 Å². The summed E-state index contributed by atoms with van der Waals surface area (Å²) in [5, 5.41) is 0.784. The third-order valence-electron chi connectivity index (χ3n) is 3.29. The minimum Gasteiger partial charge on any atom is -0.463 e. The van der Waals surface area contributed by atoms with Crippen LogP contribution in [0, 0.1) is 0 Å². The first-order valence-electron chi connectivity index (χ1n) is 7.12. The van der Waals surface area contributed by atoms with Gasteiger partial charge >= 0.3 is 17.9 Å². The molecule has 23 heavy (non-hydrogen) atoms.